The summed E-state index contributed by atoms with van der Waals surface area (Å²) < 4.78 is 5.10. The van der Waals surface area contributed by atoms with E-state index >= 15 is 0 Å². The van der Waals surface area contributed by atoms with Crippen LogP contribution >= 0.6 is 0 Å². The van der Waals surface area contributed by atoms with Gasteiger partial charge in [0.25, 0.3) is 5.91 Å². The molecule has 0 aliphatic rings. The van der Waals surface area contributed by atoms with Crippen molar-refractivity contribution in [2.45, 2.75) is 46.6 Å². The van der Waals surface area contributed by atoms with Crippen LogP contribution in [-0.2, 0) is 6.42 Å². The highest BCUT2D eigenvalue weighted by molar-refractivity contribution is 5.92. The molecule has 0 fully saturated rings. The Balaban J connectivity index is 2.59. The molecule has 16 heavy (non-hydrogen) atoms. The average molecular weight is 224 g/mol. The fourth-order valence-corrected chi connectivity index (χ4v) is 1.32. The number of carbonyl (C=O) groups excluding carboxylic acids is 1. The molecular formula is C12H20N2O2. The monoisotopic (exact) mass is 224 g/mol. The molecule has 90 valence electrons. The van der Waals surface area contributed by atoms with Crippen LogP contribution in [0.5, 0.6) is 0 Å². The molecule has 1 atom stereocenters. The minimum Gasteiger partial charge on any atom is -0.361 e. The number of aromatic nitrogens is 1. The maximum Gasteiger partial charge on any atom is 0.273 e. The van der Waals surface area contributed by atoms with E-state index in [0.29, 0.717) is 11.6 Å². The summed E-state index contributed by atoms with van der Waals surface area (Å²) in [5, 5.41) is 6.62. The molecule has 0 aromatic carbocycles. The third-order valence-corrected chi connectivity index (χ3v) is 2.39. The van der Waals surface area contributed by atoms with E-state index in [1.807, 2.05) is 13.8 Å². The Morgan fingerprint density at radius 1 is 1.50 bits per heavy atom. The van der Waals surface area contributed by atoms with Gasteiger partial charge in [0.2, 0.25) is 0 Å². The Labute approximate surface area is 96.4 Å². The fourth-order valence-electron chi connectivity index (χ4n) is 1.32. The van der Waals surface area contributed by atoms with Crippen molar-refractivity contribution in [3.63, 3.8) is 0 Å². The zero-order chi connectivity index (χ0) is 12.1. The first-order chi connectivity index (χ1) is 7.52. The molecule has 0 radical (unpaired) electrons. The van der Waals surface area contributed by atoms with Gasteiger partial charge >= 0.3 is 0 Å². The second kappa shape index (κ2) is 5.68. The second-order valence-electron chi connectivity index (χ2n) is 4.56. The molecule has 4 nitrogen and oxygen atoms in total. The summed E-state index contributed by atoms with van der Waals surface area (Å²) >= 11 is 0. The van der Waals surface area contributed by atoms with Gasteiger partial charge in [-0.2, -0.15) is 0 Å². The lowest BCUT2D eigenvalue weighted by Crippen LogP contribution is -2.32. The summed E-state index contributed by atoms with van der Waals surface area (Å²) in [6.45, 7) is 8.19. The number of hydrogen-bond acceptors (Lipinski definition) is 3. The van der Waals surface area contributed by atoms with Crippen LogP contribution in [0, 0.1) is 5.92 Å². The van der Waals surface area contributed by atoms with E-state index in [1.165, 1.54) is 0 Å². The first-order valence-electron chi connectivity index (χ1n) is 5.79. The molecule has 1 heterocycles. The smallest absolute Gasteiger partial charge is 0.273 e. The highest BCUT2D eigenvalue weighted by atomic mass is 16.5. The van der Waals surface area contributed by atoms with Gasteiger partial charge in [0, 0.05) is 18.5 Å². The van der Waals surface area contributed by atoms with E-state index in [0.717, 1.165) is 18.6 Å². The highest BCUT2D eigenvalue weighted by Crippen LogP contribution is 2.09. The first kappa shape index (κ1) is 12.7. The minimum atomic E-state index is -0.159. The number of nitrogens with one attached hydrogen (secondary N) is 1. The van der Waals surface area contributed by atoms with Gasteiger partial charge in [-0.1, -0.05) is 25.9 Å². The summed E-state index contributed by atoms with van der Waals surface area (Å²) in [5.74, 6) is 1.11. The van der Waals surface area contributed by atoms with Gasteiger partial charge < -0.3 is 9.84 Å². The van der Waals surface area contributed by atoms with Crippen LogP contribution in [0.25, 0.3) is 0 Å². The predicted molar refractivity (Wildman–Crippen MR) is 62.3 cm³/mol. The number of nitrogens with zero attached hydrogens (tertiary/aromatic N) is 1. The molecule has 0 aliphatic heterocycles. The highest BCUT2D eigenvalue weighted by Gasteiger charge is 2.14. The maximum atomic E-state index is 11.7. The average Bonchev–Trinajstić information content (AvgIpc) is 2.65. The molecule has 1 amide bonds. The predicted octanol–water partition coefficient (Wildman–Crippen LogP) is 2.40. The number of hydrogen-bond donors (Lipinski definition) is 1. The number of carbonyl (C=O) groups is 1. The molecule has 4 heteroatoms. The van der Waals surface area contributed by atoms with Gasteiger partial charge in [0.15, 0.2) is 5.69 Å². The quantitative estimate of drug-likeness (QED) is 0.835. The van der Waals surface area contributed by atoms with Crippen LogP contribution in [0.15, 0.2) is 10.6 Å². The van der Waals surface area contributed by atoms with E-state index in [-0.39, 0.29) is 11.9 Å². The van der Waals surface area contributed by atoms with Crippen LogP contribution in [0.2, 0.25) is 0 Å². The van der Waals surface area contributed by atoms with E-state index in [2.05, 4.69) is 24.3 Å². The second-order valence-corrected chi connectivity index (χ2v) is 4.56. The molecule has 1 aromatic rings. The molecule has 0 saturated carbocycles. The molecule has 0 spiro atoms. The lowest BCUT2D eigenvalue weighted by Gasteiger charge is -2.08. The molecule has 0 aliphatic carbocycles. The standard InChI is InChI=1S/C12H20N2O2/c1-5-9(4)13-12(15)11-7-10(16-14-11)6-8(2)3/h7-9H,5-6H2,1-4H3,(H,13,15). The largest absolute Gasteiger partial charge is 0.361 e. The van der Waals surface area contributed by atoms with Gasteiger partial charge in [0.05, 0.1) is 0 Å². The topological polar surface area (TPSA) is 55.1 Å². The summed E-state index contributed by atoms with van der Waals surface area (Å²) in [5.41, 5.74) is 0.371. The molecule has 1 N–H and O–H groups in total. The van der Waals surface area contributed by atoms with Gasteiger partial charge in [-0.3, -0.25) is 4.79 Å². The third-order valence-electron chi connectivity index (χ3n) is 2.39. The Morgan fingerprint density at radius 3 is 2.75 bits per heavy atom. The van der Waals surface area contributed by atoms with Gasteiger partial charge in [-0.15, -0.1) is 0 Å². The molecule has 1 rings (SSSR count). The Morgan fingerprint density at radius 2 is 2.19 bits per heavy atom. The Kier molecular flexibility index (Phi) is 4.52. The van der Waals surface area contributed by atoms with Crippen molar-refractivity contribution >= 4 is 5.91 Å². The lowest BCUT2D eigenvalue weighted by atomic mass is 10.1. The lowest BCUT2D eigenvalue weighted by molar-refractivity contribution is 0.0930. The minimum absolute atomic E-state index is 0.159. The van der Waals surface area contributed by atoms with E-state index in [1.54, 1.807) is 6.07 Å². The van der Waals surface area contributed by atoms with Crippen LogP contribution in [0.3, 0.4) is 0 Å². The molecule has 1 aromatic heterocycles. The van der Waals surface area contributed by atoms with E-state index < -0.39 is 0 Å². The molecule has 0 bridgehead atoms. The SMILES string of the molecule is CCC(C)NC(=O)c1cc(CC(C)C)on1. The van der Waals surface area contributed by atoms with Crippen molar-refractivity contribution in [3.8, 4) is 0 Å². The van der Waals surface area contributed by atoms with Gasteiger partial charge in [-0.05, 0) is 19.3 Å². The summed E-state index contributed by atoms with van der Waals surface area (Å²) in [6, 6.07) is 1.88. The van der Waals surface area contributed by atoms with Crippen molar-refractivity contribution in [1.29, 1.82) is 0 Å². The first-order valence-corrected chi connectivity index (χ1v) is 5.79. The third kappa shape index (κ3) is 3.68. The van der Waals surface area contributed by atoms with Crippen LogP contribution in [0.1, 0.15) is 50.4 Å². The van der Waals surface area contributed by atoms with E-state index in [9.17, 15) is 4.79 Å². The molecular weight excluding hydrogens is 204 g/mol. The number of rotatable bonds is 5. The van der Waals surface area contributed by atoms with Gasteiger partial charge in [-0.25, -0.2) is 0 Å². The van der Waals surface area contributed by atoms with Crippen molar-refractivity contribution in [1.82, 2.24) is 10.5 Å². The van der Waals surface area contributed by atoms with E-state index in [4.69, 9.17) is 4.52 Å². The Hall–Kier alpha value is -1.32. The summed E-state index contributed by atoms with van der Waals surface area (Å²) in [6.07, 6.45) is 1.71. The van der Waals surface area contributed by atoms with Crippen LogP contribution in [0.4, 0.5) is 0 Å². The summed E-state index contributed by atoms with van der Waals surface area (Å²) in [4.78, 5) is 11.7. The molecule has 1 unspecified atom stereocenters. The Bertz CT molecular complexity index is 345. The zero-order valence-electron chi connectivity index (χ0n) is 10.4. The zero-order valence-corrected chi connectivity index (χ0v) is 10.4. The maximum absolute atomic E-state index is 11.7. The van der Waals surface area contributed by atoms with Crippen molar-refractivity contribution in [3.05, 3.63) is 17.5 Å². The van der Waals surface area contributed by atoms with Crippen molar-refractivity contribution < 1.29 is 9.32 Å². The normalized spacial score (nSPS) is 12.8. The van der Waals surface area contributed by atoms with Crippen molar-refractivity contribution in [2.75, 3.05) is 0 Å². The summed E-state index contributed by atoms with van der Waals surface area (Å²) in [7, 11) is 0. The van der Waals surface area contributed by atoms with Crippen LogP contribution in [-0.4, -0.2) is 17.1 Å². The number of amides is 1. The molecule has 0 saturated heterocycles. The van der Waals surface area contributed by atoms with Gasteiger partial charge in [0.1, 0.15) is 5.76 Å². The van der Waals surface area contributed by atoms with Crippen LogP contribution < -0.4 is 5.32 Å². The van der Waals surface area contributed by atoms with Crippen molar-refractivity contribution in [2.24, 2.45) is 5.92 Å². The fraction of sp³-hybridized carbons (Fsp3) is 0.667.